The van der Waals surface area contributed by atoms with Crippen LogP contribution in [0.5, 0.6) is 11.5 Å². The van der Waals surface area contributed by atoms with Gasteiger partial charge in [0.15, 0.2) is 11.5 Å². The third kappa shape index (κ3) is 5.59. The molecule has 0 bridgehead atoms. The number of methoxy groups -OCH3 is 1. The molecular weight excluding hydrogens is 531 g/mol. The molecule has 0 saturated carbocycles. The van der Waals surface area contributed by atoms with Crippen molar-refractivity contribution in [3.8, 4) is 11.5 Å². The van der Waals surface area contributed by atoms with Crippen molar-refractivity contribution in [2.75, 3.05) is 25.6 Å². The molecule has 0 unspecified atom stereocenters. The zero-order valence-electron chi connectivity index (χ0n) is 17.2. The number of amides is 3. The van der Waals surface area contributed by atoms with Crippen LogP contribution in [0, 0.1) is 10.5 Å². The minimum Gasteiger partial charge on any atom is -0.493 e. The molecule has 7 nitrogen and oxygen atoms in total. The number of halogens is 1. The number of hydrogen-bond acceptors (Lipinski definition) is 6. The molecule has 1 aliphatic rings. The Bertz CT molecular complexity index is 1070. The van der Waals surface area contributed by atoms with Crippen molar-refractivity contribution in [1.82, 2.24) is 4.90 Å². The lowest BCUT2D eigenvalue weighted by molar-refractivity contribution is -0.127. The van der Waals surface area contributed by atoms with Gasteiger partial charge in [0.25, 0.3) is 11.1 Å². The predicted octanol–water partition coefficient (Wildman–Crippen LogP) is 4.68. The first-order valence-corrected chi connectivity index (χ1v) is 11.3. The van der Waals surface area contributed by atoms with Crippen molar-refractivity contribution in [3.63, 3.8) is 0 Å². The fourth-order valence-corrected chi connectivity index (χ4v) is 4.58. The summed E-state index contributed by atoms with van der Waals surface area (Å²) in [6.07, 6.45) is 1.61. The van der Waals surface area contributed by atoms with Gasteiger partial charge in [0.1, 0.15) is 6.54 Å². The Morgan fingerprint density at radius 2 is 2.03 bits per heavy atom. The van der Waals surface area contributed by atoms with Gasteiger partial charge in [-0.2, -0.15) is 0 Å². The Hall–Kier alpha value is -2.53. The molecule has 0 spiro atoms. The molecule has 1 N–H and O–H groups in total. The molecule has 3 rings (SSSR count). The van der Waals surface area contributed by atoms with Gasteiger partial charge in [-0.25, -0.2) is 0 Å². The second-order valence-electron chi connectivity index (χ2n) is 6.65. The summed E-state index contributed by atoms with van der Waals surface area (Å²) in [5.74, 6) is 0.226. The van der Waals surface area contributed by atoms with Crippen LogP contribution in [0.1, 0.15) is 18.1 Å². The number of thioether (sulfide) groups is 1. The van der Waals surface area contributed by atoms with Gasteiger partial charge in [-0.05, 0) is 89.7 Å². The molecule has 9 heteroatoms. The summed E-state index contributed by atoms with van der Waals surface area (Å²) in [5, 5.41) is 2.23. The Morgan fingerprint density at radius 1 is 1.26 bits per heavy atom. The highest BCUT2D eigenvalue weighted by atomic mass is 127. The summed E-state index contributed by atoms with van der Waals surface area (Å²) in [6.45, 7) is 3.94. The number of ether oxygens (including phenoxy) is 2. The molecule has 1 saturated heterocycles. The zero-order chi connectivity index (χ0) is 22.5. The third-order valence-electron chi connectivity index (χ3n) is 4.32. The molecule has 0 atom stereocenters. The van der Waals surface area contributed by atoms with E-state index in [0.717, 1.165) is 25.8 Å². The van der Waals surface area contributed by atoms with Gasteiger partial charge in [0.05, 0.1) is 22.2 Å². The van der Waals surface area contributed by atoms with Crippen LogP contribution >= 0.6 is 34.4 Å². The molecule has 0 aliphatic carbocycles. The Balaban J connectivity index is 1.76. The van der Waals surface area contributed by atoms with Crippen LogP contribution in [-0.2, 0) is 9.59 Å². The highest BCUT2D eigenvalue weighted by Gasteiger charge is 2.36. The predicted molar refractivity (Wildman–Crippen MR) is 129 cm³/mol. The quantitative estimate of drug-likeness (QED) is 0.397. The number of aryl methyl sites for hydroxylation is 1. The largest absolute Gasteiger partial charge is 0.493 e. The first kappa shape index (κ1) is 23.1. The Labute approximate surface area is 198 Å². The first-order chi connectivity index (χ1) is 14.8. The molecule has 162 valence electrons. The highest BCUT2D eigenvalue weighted by molar-refractivity contribution is 14.1. The van der Waals surface area contributed by atoms with E-state index < -0.39 is 17.1 Å². The van der Waals surface area contributed by atoms with E-state index in [1.807, 2.05) is 38.1 Å². The van der Waals surface area contributed by atoms with E-state index in [-0.39, 0.29) is 11.4 Å². The lowest BCUT2D eigenvalue weighted by Crippen LogP contribution is -2.36. The molecule has 1 fully saturated rings. The number of carbonyl (C=O) groups excluding carboxylic acids is 3. The van der Waals surface area contributed by atoms with Gasteiger partial charge >= 0.3 is 0 Å². The van der Waals surface area contributed by atoms with E-state index in [0.29, 0.717) is 29.4 Å². The molecule has 0 radical (unpaired) electrons. The van der Waals surface area contributed by atoms with Crippen molar-refractivity contribution < 1.29 is 23.9 Å². The smallest absolute Gasteiger partial charge is 0.294 e. The monoisotopic (exact) mass is 552 g/mol. The van der Waals surface area contributed by atoms with Crippen LogP contribution in [0.2, 0.25) is 0 Å². The SMILES string of the molecule is CCOc1c(I)cc(/C=C2/SC(=O)N(CC(=O)Nc3cccc(C)c3)C2=O)cc1OC. The third-order valence-corrected chi connectivity index (χ3v) is 6.02. The van der Waals surface area contributed by atoms with Crippen LogP contribution in [0.15, 0.2) is 41.3 Å². The van der Waals surface area contributed by atoms with Crippen LogP contribution < -0.4 is 14.8 Å². The fourth-order valence-electron chi connectivity index (χ4n) is 2.96. The van der Waals surface area contributed by atoms with Gasteiger partial charge in [-0.1, -0.05) is 12.1 Å². The van der Waals surface area contributed by atoms with Crippen molar-refractivity contribution in [2.24, 2.45) is 0 Å². The number of benzene rings is 2. The number of nitrogens with zero attached hydrogens (tertiary/aromatic N) is 1. The molecule has 2 aromatic carbocycles. The van der Waals surface area contributed by atoms with E-state index in [4.69, 9.17) is 9.47 Å². The maximum Gasteiger partial charge on any atom is 0.294 e. The van der Waals surface area contributed by atoms with Crippen molar-refractivity contribution in [2.45, 2.75) is 13.8 Å². The minimum atomic E-state index is -0.503. The number of anilines is 1. The topological polar surface area (TPSA) is 84.9 Å². The van der Waals surface area contributed by atoms with E-state index >= 15 is 0 Å². The number of imide groups is 1. The molecular formula is C22H21IN2O5S. The summed E-state index contributed by atoms with van der Waals surface area (Å²) in [5.41, 5.74) is 2.30. The zero-order valence-corrected chi connectivity index (χ0v) is 20.2. The van der Waals surface area contributed by atoms with Crippen molar-refractivity contribution >= 4 is 63.2 Å². The summed E-state index contributed by atoms with van der Waals surface area (Å²) >= 11 is 2.94. The second-order valence-corrected chi connectivity index (χ2v) is 8.81. The molecule has 31 heavy (non-hydrogen) atoms. The average Bonchev–Trinajstić information content (AvgIpc) is 2.97. The second kappa shape index (κ2) is 10.2. The highest BCUT2D eigenvalue weighted by Crippen LogP contribution is 2.37. The van der Waals surface area contributed by atoms with Crippen molar-refractivity contribution in [3.05, 3.63) is 56.0 Å². The van der Waals surface area contributed by atoms with Gasteiger partial charge in [0.2, 0.25) is 5.91 Å². The summed E-state index contributed by atoms with van der Waals surface area (Å²) in [6, 6.07) is 10.9. The van der Waals surface area contributed by atoms with Crippen LogP contribution in [-0.4, -0.2) is 42.2 Å². The van der Waals surface area contributed by atoms with Crippen LogP contribution in [0.25, 0.3) is 6.08 Å². The molecule has 0 aromatic heterocycles. The normalized spacial score (nSPS) is 14.8. The lowest BCUT2D eigenvalue weighted by Gasteiger charge is -2.13. The van der Waals surface area contributed by atoms with Crippen molar-refractivity contribution in [1.29, 1.82) is 0 Å². The summed E-state index contributed by atoms with van der Waals surface area (Å²) < 4.78 is 11.8. The molecule has 2 aromatic rings. The fraction of sp³-hybridized carbons (Fsp3) is 0.227. The summed E-state index contributed by atoms with van der Waals surface area (Å²) in [7, 11) is 1.54. The van der Waals surface area contributed by atoms with Crippen LogP contribution in [0.4, 0.5) is 10.5 Å². The van der Waals surface area contributed by atoms with Gasteiger partial charge in [0, 0.05) is 5.69 Å². The lowest BCUT2D eigenvalue weighted by atomic mass is 10.2. The number of carbonyl (C=O) groups is 3. The number of rotatable bonds is 7. The maximum absolute atomic E-state index is 12.7. The standard InChI is InChI=1S/C22H21IN2O5S/c1-4-30-20-16(23)9-14(10-17(20)29-3)11-18-21(27)25(22(28)31-18)12-19(26)24-15-7-5-6-13(2)8-15/h5-11H,4,12H2,1-3H3,(H,24,26)/b18-11+. The van der Waals surface area contributed by atoms with Gasteiger partial charge in [-0.15, -0.1) is 0 Å². The minimum absolute atomic E-state index is 0.246. The average molecular weight is 552 g/mol. The van der Waals surface area contributed by atoms with E-state index in [1.165, 1.54) is 0 Å². The Morgan fingerprint density at radius 3 is 2.71 bits per heavy atom. The Kier molecular flexibility index (Phi) is 7.60. The number of nitrogens with one attached hydrogen (secondary N) is 1. The van der Waals surface area contributed by atoms with Gasteiger partial charge in [-0.3, -0.25) is 19.3 Å². The van der Waals surface area contributed by atoms with Gasteiger partial charge < -0.3 is 14.8 Å². The molecule has 1 aliphatic heterocycles. The summed E-state index contributed by atoms with van der Waals surface area (Å²) in [4.78, 5) is 38.6. The number of hydrogen-bond donors (Lipinski definition) is 1. The first-order valence-electron chi connectivity index (χ1n) is 9.44. The maximum atomic E-state index is 12.7. The molecule has 3 amide bonds. The van der Waals surface area contributed by atoms with E-state index in [1.54, 1.807) is 25.3 Å². The van der Waals surface area contributed by atoms with Crippen LogP contribution in [0.3, 0.4) is 0 Å². The van der Waals surface area contributed by atoms with E-state index in [2.05, 4.69) is 27.9 Å². The van der Waals surface area contributed by atoms with E-state index in [9.17, 15) is 14.4 Å². The molecule has 1 heterocycles.